The van der Waals surface area contributed by atoms with Crippen LogP contribution in [-0.2, 0) is 4.74 Å². The van der Waals surface area contributed by atoms with E-state index in [2.05, 4.69) is 4.90 Å². The van der Waals surface area contributed by atoms with Crippen LogP contribution in [0.5, 0.6) is 0 Å². The van der Waals surface area contributed by atoms with E-state index in [9.17, 15) is 9.90 Å². The van der Waals surface area contributed by atoms with Gasteiger partial charge in [-0.25, -0.2) is 4.79 Å². The number of amides is 1. The van der Waals surface area contributed by atoms with Crippen LogP contribution in [0.2, 0.25) is 0 Å². The maximum atomic E-state index is 12.0. The van der Waals surface area contributed by atoms with Gasteiger partial charge in [-0.05, 0) is 38.8 Å². The summed E-state index contributed by atoms with van der Waals surface area (Å²) in [5.41, 5.74) is 0. The lowest BCUT2D eigenvalue weighted by atomic mass is 9.86. The van der Waals surface area contributed by atoms with Crippen molar-refractivity contribution in [3.63, 3.8) is 0 Å². The van der Waals surface area contributed by atoms with E-state index in [4.69, 9.17) is 4.74 Å². The number of rotatable bonds is 4. The van der Waals surface area contributed by atoms with Gasteiger partial charge in [0.05, 0.1) is 12.1 Å². The molecular weight excluding hydrogens is 268 g/mol. The van der Waals surface area contributed by atoms with Gasteiger partial charge in [-0.15, -0.1) is 0 Å². The van der Waals surface area contributed by atoms with Crippen LogP contribution in [0.25, 0.3) is 0 Å². The lowest BCUT2D eigenvalue weighted by Gasteiger charge is -2.35. The zero-order valence-electron chi connectivity index (χ0n) is 12.9. The molecule has 2 saturated heterocycles. The number of piperidine rings is 1. The molecule has 3 fully saturated rings. The fraction of sp³-hybridized carbons (Fsp3) is 0.938. The Morgan fingerprint density at radius 1 is 1.05 bits per heavy atom. The third kappa shape index (κ3) is 3.69. The second-order valence-electron chi connectivity index (χ2n) is 6.86. The summed E-state index contributed by atoms with van der Waals surface area (Å²) >= 11 is 0. The number of carbonyl (C=O) groups is 1. The minimum absolute atomic E-state index is 0.171. The van der Waals surface area contributed by atoms with Crippen molar-refractivity contribution >= 4 is 6.09 Å². The number of cyclic esters (lactones) is 1. The highest BCUT2D eigenvalue weighted by molar-refractivity contribution is 5.70. The number of likely N-dealkylation sites (tertiary alicyclic amines) is 1. The van der Waals surface area contributed by atoms with Crippen LogP contribution in [-0.4, -0.2) is 65.9 Å². The third-order valence-electron chi connectivity index (χ3n) is 5.29. The molecule has 0 spiro atoms. The number of ether oxygens (including phenoxy) is 1. The van der Waals surface area contributed by atoms with Gasteiger partial charge >= 0.3 is 6.09 Å². The fourth-order valence-corrected chi connectivity index (χ4v) is 3.96. The van der Waals surface area contributed by atoms with Crippen molar-refractivity contribution in [1.82, 2.24) is 9.80 Å². The molecule has 0 aromatic rings. The lowest BCUT2D eigenvalue weighted by Crippen LogP contribution is -2.47. The Balaban J connectivity index is 1.56. The Labute approximate surface area is 127 Å². The van der Waals surface area contributed by atoms with Crippen molar-refractivity contribution < 1.29 is 14.6 Å². The minimum Gasteiger partial charge on any atom is -0.447 e. The number of carbonyl (C=O) groups excluding carboxylic acids is 1. The van der Waals surface area contributed by atoms with Gasteiger partial charge in [0.15, 0.2) is 0 Å². The first-order chi connectivity index (χ1) is 10.2. The molecule has 5 nitrogen and oxygen atoms in total. The molecule has 0 radical (unpaired) electrons. The lowest BCUT2D eigenvalue weighted by molar-refractivity contribution is 0.0466. The number of nitrogens with zero attached hydrogens (tertiary/aromatic N) is 2. The standard InChI is InChI=1S/C16H28N2O3/c19-15-7-3-2-6-13(15)10-18-14(12-21-16(18)20)11-17-8-4-1-5-9-17/h13-15,19H,1-12H2/t13-,14-,15-/m0/s1. The van der Waals surface area contributed by atoms with E-state index in [1.54, 1.807) is 0 Å². The molecule has 5 heteroatoms. The highest BCUT2D eigenvalue weighted by atomic mass is 16.6. The second-order valence-corrected chi connectivity index (χ2v) is 6.86. The van der Waals surface area contributed by atoms with Crippen molar-refractivity contribution in [3.05, 3.63) is 0 Å². The molecule has 2 aliphatic heterocycles. The van der Waals surface area contributed by atoms with E-state index in [1.807, 2.05) is 4.90 Å². The smallest absolute Gasteiger partial charge is 0.410 e. The summed E-state index contributed by atoms with van der Waals surface area (Å²) in [6, 6.07) is 0.171. The van der Waals surface area contributed by atoms with Gasteiger partial charge in [-0.3, -0.25) is 0 Å². The van der Waals surface area contributed by atoms with E-state index >= 15 is 0 Å². The van der Waals surface area contributed by atoms with Gasteiger partial charge in [-0.2, -0.15) is 0 Å². The summed E-state index contributed by atoms with van der Waals surface area (Å²) < 4.78 is 5.28. The Kier molecular flexibility index (Phi) is 5.01. The van der Waals surface area contributed by atoms with Gasteiger partial charge in [-0.1, -0.05) is 19.3 Å². The van der Waals surface area contributed by atoms with E-state index in [-0.39, 0.29) is 24.2 Å². The molecule has 0 unspecified atom stereocenters. The SMILES string of the molecule is O=C1OC[C@H](CN2CCCCC2)N1C[C@@H]1CCCC[C@@H]1O. The number of hydrogen-bond donors (Lipinski definition) is 1. The number of aliphatic hydroxyl groups is 1. The molecule has 1 aliphatic carbocycles. The van der Waals surface area contributed by atoms with Gasteiger partial charge in [0, 0.05) is 19.0 Å². The molecule has 3 rings (SSSR count). The van der Waals surface area contributed by atoms with Crippen molar-refractivity contribution in [2.45, 2.75) is 57.1 Å². The molecule has 3 atom stereocenters. The topological polar surface area (TPSA) is 53.0 Å². The van der Waals surface area contributed by atoms with Gasteiger partial charge in [0.2, 0.25) is 0 Å². The molecule has 0 aromatic carbocycles. The summed E-state index contributed by atoms with van der Waals surface area (Å²) in [5.74, 6) is 0.230. The molecule has 0 bridgehead atoms. The van der Waals surface area contributed by atoms with Gasteiger partial charge < -0.3 is 19.6 Å². The summed E-state index contributed by atoms with van der Waals surface area (Å²) in [6.45, 7) is 4.39. The molecule has 0 aromatic heterocycles. The predicted octanol–water partition coefficient (Wildman–Crippen LogP) is 1.84. The van der Waals surface area contributed by atoms with Crippen LogP contribution in [0.3, 0.4) is 0 Å². The third-order valence-corrected chi connectivity index (χ3v) is 5.29. The molecular formula is C16H28N2O3. The van der Waals surface area contributed by atoms with Crippen molar-refractivity contribution in [1.29, 1.82) is 0 Å². The Morgan fingerprint density at radius 2 is 1.81 bits per heavy atom. The summed E-state index contributed by atoms with van der Waals surface area (Å²) in [7, 11) is 0. The van der Waals surface area contributed by atoms with E-state index in [1.165, 1.54) is 25.7 Å². The van der Waals surface area contributed by atoms with Crippen LogP contribution < -0.4 is 0 Å². The molecule has 21 heavy (non-hydrogen) atoms. The maximum Gasteiger partial charge on any atom is 0.410 e. The van der Waals surface area contributed by atoms with Crippen LogP contribution in [0.4, 0.5) is 4.79 Å². The second kappa shape index (κ2) is 6.97. The Bertz CT molecular complexity index is 357. The molecule has 1 saturated carbocycles. The highest BCUT2D eigenvalue weighted by Crippen LogP contribution is 2.27. The van der Waals surface area contributed by atoms with E-state index in [0.29, 0.717) is 13.2 Å². The number of hydrogen-bond acceptors (Lipinski definition) is 4. The summed E-state index contributed by atoms with van der Waals surface area (Å²) in [4.78, 5) is 16.4. The summed E-state index contributed by atoms with van der Waals surface area (Å²) in [5, 5.41) is 10.1. The quantitative estimate of drug-likeness (QED) is 0.860. The largest absolute Gasteiger partial charge is 0.447 e. The van der Waals surface area contributed by atoms with Gasteiger partial charge in [0.25, 0.3) is 0 Å². The van der Waals surface area contributed by atoms with Gasteiger partial charge in [0.1, 0.15) is 6.61 Å². The van der Waals surface area contributed by atoms with E-state index in [0.717, 1.165) is 38.9 Å². The highest BCUT2D eigenvalue weighted by Gasteiger charge is 2.37. The Morgan fingerprint density at radius 3 is 2.57 bits per heavy atom. The molecule has 1 amide bonds. The van der Waals surface area contributed by atoms with Crippen molar-refractivity contribution in [2.24, 2.45) is 5.92 Å². The zero-order valence-corrected chi connectivity index (χ0v) is 12.9. The minimum atomic E-state index is -0.247. The maximum absolute atomic E-state index is 12.0. The first-order valence-electron chi connectivity index (χ1n) is 8.58. The van der Waals surface area contributed by atoms with Crippen LogP contribution in [0, 0.1) is 5.92 Å². The number of aliphatic hydroxyl groups excluding tert-OH is 1. The summed E-state index contributed by atoms with van der Waals surface area (Å²) in [6.07, 6.45) is 7.62. The first-order valence-corrected chi connectivity index (χ1v) is 8.58. The normalized spacial score (nSPS) is 35.0. The molecule has 2 heterocycles. The average molecular weight is 296 g/mol. The fourth-order valence-electron chi connectivity index (χ4n) is 3.96. The molecule has 1 N–H and O–H groups in total. The van der Waals surface area contributed by atoms with Crippen molar-refractivity contribution in [2.75, 3.05) is 32.8 Å². The molecule has 3 aliphatic rings. The predicted molar refractivity (Wildman–Crippen MR) is 80.1 cm³/mol. The van der Waals surface area contributed by atoms with Crippen molar-refractivity contribution in [3.8, 4) is 0 Å². The molecule has 120 valence electrons. The monoisotopic (exact) mass is 296 g/mol. The Hall–Kier alpha value is -0.810. The van der Waals surface area contributed by atoms with Crippen LogP contribution >= 0.6 is 0 Å². The zero-order chi connectivity index (χ0) is 14.7. The average Bonchev–Trinajstić information content (AvgIpc) is 2.84. The van der Waals surface area contributed by atoms with Crippen LogP contribution in [0.15, 0.2) is 0 Å². The van der Waals surface area contributed by atoms with Crippen LogP contribution in [0.1, 0.15) is 44.9 Å². The first kappa shape index (κ1) is 15.1. The van der Waals surface area contributed by atoms with E-state index < -0.39 is 0 Å².